The Morgan fingerprint density at radius 2 is 1.84 bits per heavy atom. The van der Waals surface area contributed by atoms with Crippen molar-refractivity contribution < 1.29 is 0 Å². The molecule has 0 saturated carbocycles. The van der Waals surface area contributed by atoms with Gasteiger partial charge in [0.1, 0.15) is 0 Å². The van der Waals surface area contributed by atoms with Gasteiger partial charge in [0, 0.05) is 11.1 Å². The molecule has 0 spiro atoms. The normalized spacial score (nSPS) is 12.3. The van der Waals surface area contributed by atoms with E-state index >= 15 is 0 Å². The van der Waals surface area contributed by atoms with Crippen LogP contribution < -0.4 is 11.3 Å². The zero-order valence-electron chi connectivity index (χ0n) is 10.9. The molecule has 1 atom stereocenters. The fourth-order valence-electron chi connectivity index (χ4n) is 2.22. The third-order valence-electron chi connectivity index (χ3n) is 3.25. The first kappa shape index (κ1) is 14.1. The van der Waals surface area contributed by atoms with Crippen molar-refractivity contribution in [3.8, 4) is 0 Å². The average Bonchev–Trinajstić information content (AvgIpc) is 2.45. The molecule has 1 unspecified atom stereocenters. The van der Waals surface area contributed by atoms with Crippen LogP contribution in [0.4, 0.5) is 0 Å². The zero-order valence-corrected chi connectivity index (χ0v) is 11.6. The van der Waals surface area contributed by atoms with Crippen LogP contribution in [0.25, 0.3) is 0 Å². The average molecular weight is 275 g/mol. The summed E-state index contributed by atoms with van der Waals surface area (Å²) in [6, 6.07) is 18.5. The third-order valence-corrected chi connectivity index (χ3v) is 3.49. The number of hydrogen-bond acceptors (Lipinski definition) is 2. The van der Waals surface area contributed by atoms with Crippen LogP contribution >= 0.6 is 11.6 Å². The first-order valence-corrected chi connectivity index (χ1v) is 6.93. The second kappa shape index (κ2) is 7.29. The quantitative estimate of drug-likeness (QED) is 0.620. The van der Waals surface area contributed by atoms with E-state index in [2.05, 4.69) is 35.8 Å². The van der Waals surface area contributed by atoms with E-state index in [-0.39, 0.29) is 6.04 Å². The summed E-state index contributed by atoms with van der Waals surface area (Å²) in [5.74, 6) is 5.64. The highest BCUT2D eigenvalue weighted by Crippen LogP contribution is 2.21. The Morgan fingerprint density at radius 1 is 1.05 bits per heavy atom. The summed E-state index contributed by atoms with van der Waals surface area (Å²) in [6.45, 7) is 0. The first-order chi connectivity index (χ1) is 9.29. The minimum Gasteiger partial charge on any atom is -0.271 e. The minimum absolute atomic E-state index is 0.155. The van der Waals surface area contributed by atoms with Crippen molar-refractivity contribution in [1.29, 1.82) is 0 Å². The third kappa shape index (κ3) is 4.35. The van der Waals surface area contributed by atoms with Crippen molar-refractivity contribution in [3.63, 3.8) is 0 Å². The van der Waals surface area contributed by atoms with Crippen LogP contribution in [-0.4, -0.2) is 0 Å². The van der Waals surface area contributed by atoms with Crippen LogP contribution in [0.2, 0.25) is 5.02 Å². The van der Waals surface area contributed by atoms with E-state index in [1.165, 1.54) is 5.56 Å². The molecule has 2 rings (SSSR count). The van der Waals surface area contributed by atoms with E-state index in [0.29, 0.717) is 0 Å². The topological polar surface area (TPSA) is 38.0 Å². The van der Waals surface area contributed by atoms with Crippen LogP contribution in [0.15, 0.2) is 54.6 Å². The molecule has 100 valence electrons. The van der Waals surface area contributed by atoms with E-state index in [1.807, 2.05) is 24.3 Å². The molecule has 0 fully saturated rings. The van der Waals surface area contributed by atoms with E-state index < -0.39 is 0 Å². The predicted molar refractivity (Wildman–Crippen MR) is 80.9 cm³/mol. The molecule has 0 aliphatic rings. The van der Waals surface area contributed by atoms with E-state index in [0.717, 1.165) is 29.8 Å². The SMILES string of the molecule is NNC(CCCc1ccccc1)c1cccc(Cl)c1. The molecular weight excluding hydrogens is 256 g/mol. The molecule has 0 aliphatic heterocycles. The van der Waals surface area contributed by atoms with Crippen molar-refractivity contribution >= 4 is 11.6 Å². The second-order valence-corrected chi connectivity index (χ2v) is 5.09. The lowest BCUT2D eigenvalue weighted by molar-refractivity contribution is 0.498. The van der Waals surface area contributed by atoms with Crippen molar-refractivity contribution in [2.75, 3.05) is 0 Å². The lowest BCUT2D eigenvalue weighted by Crippen LogP contribution is -2.28. The molecule has 19 heavy (non-hydrogen) atoms. The van der Waals surface area contributed by atoms with Gasteiger partial charge in [-0.05, 0) is 42.5 Å². The summed E-state index contributed by atoms with van der Waals surface area (Å²) in [5, 5.41) is 0.751. The zero-order chi connectivity index (χ0) is 13.5. The summed E-state index contributed by atoms with van der Waals surface area (Å²) in [7, 11) is 0. The number of nitrogens with one attached hydrogen (secondary N) is 1. The van der Waals surface area contributed by atoms with E-state index in [4.69, 9.17) is 17.4 Å². The standard InChI is InChI=1S/C16H19ClN2/c17-15-10-5-9-14(12-15)16(19-18)11-4-8-13-6-2-1-3-7-13/h1-3,5-7,9-10,12,16,19H,4,8,11,18H2. The van der Waals surface area contributed by atoms with Crippen LogP contribution in [0.3, 0.4) is 0 Å². The number of rotatable bonds is 6. The highest BCUT2D eigenvalue weighted by atomic mass is 35.5. The molecule has 2 nitrogen and oxygen atoms in total. The molecule has 0 heterocycles. The number of hydrogen-bond donors (Lipinski definition) is 2. The van der Waals surface area contributed by atoms with E-state index in [1.54, 1.807) is 0 Å². The van der Waals surface area contributed by atoms with Gasteiger partial charge >= 0.3 is 0 Å². The number of nitrogens with two attached hydrogens (primary N) is 1. The van der Waals surface area contributed by atoms with Gasteiger partial charge in [0.05, 0.1) is 0 Å². The van der Waals surface area contributed by atoms with Gasteiger partial charge in [0.25, 0.3) is 0 Å². The lowest BCUT2D eigenvalue weighted by atomic mass is 9.99. The van der Waals surface area contributed by atoms with Crippen LogP contribution in [0.1, 0.15) is 30.0 Å². The van der Waals surface area contributed by atoms with Gasteiger partial charge in [-0.3, -0.25) is 11.3 Å². The Kier molecular flexibility index (Phi) is 5.40. The Bertz CT molecular complexity index is 499. The monoisotopic (exact) mass is 274 g/mol. The first-order valence-electron chi connectivity index (χ1n) is 6.55. The maximum absolute atomic E-state index is 6.01. The van der Waals surface area contributed by atoms with Gasteiger partial charge in [-0.2, -0.15) is 0 Å². The second-order valence-electron chi connectivity index (χ2n) is 4.65. The molecular formula is C16H19ClN2. The molecule has 3 heteroatoms. The Hall–Kier alpha value is -1.35. The number of hydrazine groups is 1. The smallest absolute Gasteiger partial charge is 0.0460 e. The summed E-state index contributed by atoms with van der Waals surface area (Å²) in [6.07, 6.45) is 3.15. The van der Waals surface area contributed by atoms with Gasteiger partial charge in [-0.1, -0.05) is 54.1 Å². The summed E-state index contributed by atoms with van der Waals surface area (Å²) in [5.41, 5.74) is 5.38. The van der Waals surface area contributed by atoms with Gasteiger partial charge in [-0.25, -0.2) is 0 Å². The molecule has 0 aromatic heterocycles. The van der Waals surface area contributed by atoms with Crippen LogP contribution in [0.5, 0.6) is 0 Å². The Morgan fingerprint density at radius 3 is 2.53 bits per heavy atom. The Balaban J connectivity index is 1.89. The molecule has 0 aliphatic carbocycles. The maximum atomic E-state index is 6.01. The maximum Gasteiger partial charge on any atom is 0.0460 e. The van der Waals surface area contributed by atoms with E-state index in [9.17, 15) is 0 Å². The number of aryl methyl sites for hydroxylation is 1. The molecule has 3 N–H and O–H groups in total. The fraction of sp³-hybridized carbons (Fsp3) is 0.250. The van der Waals surface area contributed by atoms with Crippen molar-refractivity contribution in [2.24, 2.45) is 5.84 Å². The Labute approximate surface area is 119 Å². The van der Waals surface area contributed by atoms with Crippen LogP contribution in [0, 0.1) is 0 Å². The molecule has 2 aromatic carbocycles. The molecule has 0 saturated heterocycles. The largest absolute Gasteiger partial charge is 0.271 e. The van der Waals surface area contributed by atoms with Gasteiger partial charge in [0.2, 0.25) is 0 Å². The number of benzene rings is 2. The van der Waals surface area contributed by atoms with Crippen LogP contribution in [-0.2, 0) is 6.42 Å². The highest BCUT2D eigenvalue weighted by Gasteiger charge is 2.09. The minimum atomic E-state index is 0.155. The van der Waals surface area contributed by atoms with Crippen molar-refractivity contribution in [3.05, 3.63) is 70.7 Å². The van der Waals surface area contributed by atoms with Gasteiger partial charge in [0.15, 0.2) is 0 Å². The fourth-order valence-corrected chi connectivity index (χ4v) is 2.42. The summed E-state index contributed by atoms with van der Waals surface area (Å²) in [4.78, 5) is 0. The molecule has 0 radical (unpaired) electrons. The summed E-state index contributed by atoms with van der Waals surface area (Å²) < 4.78 is 0. The lowest BCUT2D eigenvalue weighted by Gasteiger charge is -2.16. The predicted octanol–water partition coefficient (Wildman–Crippen LogP) is 3.87. The molecule has 0 amide bonds. The van der Waals surface area contributed by atoms with Crippen molar-refractivity contribution in [1.82, 2.24) is 5.43 Å². The summed E-state index contributed by atoms with van der Waals surface area (Å²) >= 11 is 6.01. The highest BCUT2D eigenvalue weighted by molar-refractivity contribution is 6.30. The molecule has 0 bridgehead atoms. The van der Waals surface area contributed by atoms with Gasteiger partial charge < -0.3 is 0 Å². The van der Waals surface area contributed by atoms with Crippen molar-refractivity contribution in [2.45, 2.75) is 25.3 Å². The van der Waals surface area contributed by atoms with Gasteiger partial charge in [-0.15, -0.1) is 0 Å². The number of halogens is 1. The molecule has 2 aromatic rings.